The second kappa shape index (κ2) is 8.86. The molecule has 0 radical (unpaired) electrons. The van der Waals surface area contributed by atoms with Crippen molar-refractivity contribution in [1.29, 1.82) is 0 Å². The molecule has 0 bridgehead atoms. The van der Waals surface area contributed by atoms with Crippen LogP contribution >= 0.6 is 23.4 Å². The van der Waals surface area contributed by atoms with Crippen molar-refractivity contribution in [3.05, 3.63) is 47.6 Å². The maximum Gasteiger partial charge on any atom is 0.244 e. The number of benzene rings is 1. The van der Waals surface area contributed by atoms with Crippen LogP contribution in [0.15, 0.2) is 52.5 Å². The van der Waals surface area contributed by atoms with E-state index in [9.17, 15) is 13.5 Å². The van der Waals surface area contributed by atoms with Crippen molar-refractivity contribution in [3.63, 3.8) is 0 Å². The number of aliphatic hydroxyl groups is 1. The van der Waals surface area contributed by atoms with Gasteiger partial charge in [-0.3, -0.25) is 0 Å². The summed E-state index contributed by atoms with van der Waals surface area (Å²) in [6, 6.07) is 10.0. The molecule has 2 aromatic rings. The van der Waals surface area contributed by atoms with Gasteiger partial charge in [0.2, 0.25) is 10.0 Å². The van der Waals surface area contributed by atoms with E-state index in [1.807, 2.05) is 0 Å². The van der Waals surface area contributed by atoms with Crippen LogP contribution in [0, 0.1) is 0 Å². The Kier molecular flexibility index (Phi) is 7.09. The van der Waals surface area contributed by atoms with Crippen molar-refractivity contribution >= 4 is 33.4 Å². The van der Waals surface area contributed by atoms with Crippen molar-refractivity contribution < 1.29 is 18.3 Å². The minimum atomic E-state index is -3.48. The number of nitrogens with zero attached hydrogens (tertiary/aromatic N) is 2. The second-order valence-corrected chi connectivity index (χ2v) is 8.98. The lowest BCUT2D eigenvalue weighted by Crippen LogP contribution is -2.22. The fraction of sp³-hybridized carbons (Fsp3) is 0.312. The molecule has 0 saturated heterocycles. The number of thioether (sulfide) groups is 1. The van der Waals surface area contributed by atoms with Crippen molar-refractivity contribution in [2.24, 2.45) is 0 Å². The summed E-state index contributed by atoms with van der Waals surface area (Å²) in [5.74, 6) is 1.00. The summed E-state index contributed by atoms with van der Waals surface area (Å²) in [6.45, 7) is 0.141. The molecule has 1 aromatic heterocycles. The number of aromatic nitrogens is 1. The van der Waals surface area contributed by atoms with E-state index in [4.69, 9.17) is 16.3 Å². The largest absolute Gasteiger partial charge is 0.491 e. The minimum Gasteiger partial charge on any atom is -0.491 e. The highest BCUT2D eigenvalue weighted by Gasteiger charge is 2.17. The molecule has 0 aliphatic rings. The first-order valence-corrected chi connectivity index (χ1v) is 10.2. The summed E-state index contributed by atoms with van der Waals surface area (Å²) in [4.78, 5) is 4.25. The summed E-state index contributed by atoms with van der Waals surface area (Å²) >= 11 is 7.12. The molecule has 0 spiro atoms. The predicted molar refractivity (Wildman–Crippen MR) is 98.8 cm³/mol. The minimum absolute atomic E-state index is 0.133. The quantitative estimate of drug-likeness (QED) is 0.683. The number of hydrogen-bond donors (Lipinski definition) is 1. The first-order chi connectivity index (χ1) is 11.8. The molecule has 0 amide bonds. The van der Waals surface area contributed by atoms with Gasteiger partial charge in [-0.2, -0.15) is 0 Å². The third kappa shape index (κ3) is 5.86. The van der Waals surface area contributed by atoms with Crippen LogP contribution in [0.4, 0.5) is 0 Å². The topological polar surface area (TPSA) is 79.7 Å². The molecule has 0 saturated carbocycles. The van der Waals surface area contributed by atoms with Crippen LogP contribution in [-0.4, -0.2) is 55.4 Å². The van der Waals surface area contributed by atoms with Gasteiger partial charge < -0.3 is 9.84 Å². The molecule has 0 fully saturated rings. The summed E-state index contributed by atoms with van der Waals surface area (Å²) in [7, 11) is -0.550. The molecule has 2 rings (SSSR count). The van der Waals surface area contributed by atoms with Crippen LogP contribution in [0.2, 0.25) is 5.02 Å². The lowest BCUT2D eigenvalue weighted by molar-refractivity contribution is 0.126. The van der Waals surface area contributed by atoms with Crippen LogP contribution in [-0.2, 0) is 10.0 Å². The van der Waals surface area contributed by atoms with Gasteiger partial charge in [0.1, 0.15) is 17.3 Å². The number of hydrogen-bond acceptors (Lipinski definition) is 6. The molecule has 136 valence electrons. The van der Waals surface area contributed by atoms with Crippen LogP contribution in [0.3, 0.4) is 0 Å². The number of rotatable bonds is 8. The van der Waals surface area contributed by atoms with Crippen LogP contribution in [0.5, 0.6) is 5.75 Å². The molecule has 0 aliphatic heterocycles. The summed E-state index contributed by atoms with van der Waals surface area (Å²) in [5, 5.41) is 11.2. The summed E-state index contributed by atoms with van der Waals surface area (Å²) in [5.41, 5.74) is 0. The summed E-state index contributed by atoms with van der Waals surface area (Å²) < 4.78 is 30.5. The third-order valence-electron chi connectivity index (χ3n) is 3.17. The Morgan fingerprint density at radius 1 is 1.24 bits per heavy atom. The molecule has 1 aromatic carbocycles. The van der Waals surface area contributed by atoms with Crippen molar-refractivity contribution in [2.45, 2.75) is 16.0 Å². The Hall–Kier alpha value is -1.32. The molecular formula is C16H19ClN2O4S2. The van der Waals surface area contributed by atoms with E-state index in [1.54, 1.807) is 30.3 Å². The third-order valence-corrected chi connectivity index (χ3v) is 6.31. The fourth-order valence-electron chi connectivity index (χ4n) is 1.77. The van der Waals surface area contributed by atoms with E-state index in [-0.39, 0.29) is 11.5 Å². The van der Waals surface area contributed by atoms with E-state index >= 15 is 0 Å². The Balaban J connectivity index is 1.83. The smallest absolute Gasteiger partial charge is 0.244 e. The van der Waals surface area contributed by atoms with E-state index in [0.29, 0.717) is 21.6 Å². The van der Waals surface area contributed by atoms with Crippen LogP contribution < -0.4 is 4.74 Å². The number of pyridine rings is 1. The average Bonchev–Trinajstić information content (AvgIpc) is 2.59. The van der Waals surface area contributed by atoms with Gasteiger partial charge in [-0.15, -0.1) is 11.8 Å². The maximum atomic E-state index is 12.0. The summed E-state index contributed by atoms with van der Waals surface area (Å²) in [6.07, 6.45) is 0.626. The number of sulfonamides is 1. The zero-order valence-electron chi connectivity index (χ0n) is 13.8. The molecular weight excluding hydrogens is 384 g/mol. The van der Waals surface area contributed by atoms with Gasteiger partial charge in [0.15, 0.2) is 0 Å². The van der Waals surface area contributed by atoms with Crippen molar-refractivity contribution in [2.75, 3.05) is 26.5 Å². The van der Waals surface area contributed by atoms with Gasteiger partial charge in [0.25, 0.3) is 0 Å². The van der Waals surface area contributed by atoms with Gasteiger partial charge in [0, 0.05) is 31.1 Å². The molecule has 1 N–H and O–H groups in total. The molecule has 1 heterocycles. The van der Waals surface area contributed by atoms with Crippen LogP contribution in [0.25, 0.3) is 0 Å². The lowest BCUT2D eigenvalue weighted by Gasteiger charge is -2.13. The fourth-order valence-corrected chi connectivity index (χ4v) is 3.49. The Labute approximate surface area is 156 Å². The van der Waals surface area contributed by atoms with Gasteiger partial charge in [-0.25, -0.2) is 17.7 Å². The molecule has 25 heavy (non-hydrogen) atoms. The van der Waals surface area contributed by atoms with E-state index < -0.39 is 16.1 Å². The first kappa shape index (κ1) is 20.0. The van der Waals surface area contributed by atoms with Gasteiger partial charge in [-0.1, -0.05) is 11.6 Å². The van der Waals surface area contributed by atoms with Crippen molar-refractivity contribution in [3.8, 4) is 5.75 Å². The highest BCUT2D eigenvalue weighted by Crippen LogP contribution is 2.20. The first-order valence-electron chi connectivity index (χ1n) is 7.37. The molecule has 0 aliphatic carbocycles. The van der Waals surface area contributed by atoms with Gasteiger partial charge in [-0.05, 0) is 36.4 Å². The van der Waals surface area contributed by atoms with Crippen molar-refractivity contribution in [1.82, 2.24) is 9.29 Å². The molecule has 9 heteroatoms. The zero-order chi connectivity index (χ0) is 18.4. The maximum absolute atomic E-state index is 12.0. The normalized spacial score (nSPS) is 13.0. The van der Waals surface area contributed by atoms with E-state index in [2.05, 4.69) is 4.98 Å². The SMILES string of the molecule is CN(C)S(=O)(=O)c1ccc(SCC(O)COc2ccc(Cl)cc2)nc1. The molecule has 1 atom stereocenters. The Bertz CT molecular complexity index is 781. The monoisotopic (exact) mass is 402 g/mol. The number of aliphatic hydroxyl groups excluding tert-OH is 1. The second-order valence-electron chi connectivity index (χ2n) is 5.35. The lowest BCUT2D eigenvalue weighted by atomic mass is 10.3. The highest BCUT2D eigenvalue weighted by molar-refractivity contribution is 7.99. The van der Waals surface area contributed by atoms with Crippen LogP contribution in [0.1, 0.15) is 0 Å². The predicted octanol–water partition coefficient (Wildman–Crippen LogP) is 2.52. The average molecular weight is 403 g/mol. The number of ether oxygens (including phenoxy) is 1. The number of halogens is 1. The standard InChI is InChI=1S/C16H19ClN2O4S2/c1-19(2)25(21,22)15-7-8-16(18-9-15)24-11-13(20)10-23-14-5-3-12(17)4-6-14/h3-9,13,20H,10-11H2,1-2H3. The zero-order valence-corrected chi connectivity index (χ0v) is 16.2. The molecule has 6 nitrogen and oxygen atoms in total. The van der Waals surface area contributed by atoms with E-state index in [0.717, 1.165) is 4.31 Å². The Morgan fingerprint density at radius 3 is 2.48 bits per heavy atom. The van der Waals surface area contributed by atoms with E-state index in [1.165, 1.54) is 38.1 Å². The van der Waals surface area contributed by atoms with Gasteiger partial charge in [0.05, 0.1) is 11.1 Å². The van der Waals surface area contributed by atoms with Gasteiger partial charge >= 0.3 is 0 Å². The highest BCUT2D eigenvalue weighted by atomic mass is 35.5. The molecule has 1 unspecified atom stereocenters. The Morgan fingerprint density at radius 2 is 1.92 bits per heavy atom.